The zero-order chi connectivity index (χ0) is 17.7. The highest BCUT2D eigenvalue weighted by Gasteiger charge is 2.49. The molecule has 1 saturated heterocycles. The number of likely N-dealkylation sites (N-methyl/N-ethyl adjacent to an activating group) is 1. The van der Waals surface area contributed by atoms with Crippen LogP contribution in [0.5, 0.6) is 0 Å². The van der Waals surface area contributed by atoms with E-state index in [-0.39, 0.29) is 23.1 Å². The monoisotopic (exact) mass is 455 g/mol. The van der Waals surface area contributed by atoms with Crippen molar-refractivity contribution in [3.05, 3.63) is 56.9 Å². The van der Waals surface area contributed by atoms with Gasteiger partial charge in [-0.25, -0.2) is 4.79 Å². The Morgan fingerprint density at radius 1 is 1.12 bits per heavy atom. The number of nitrogens with zero attached hydrogens (tertiary/aromatic N) is 1. The van der Waals surface area contributed by atoms with Crippen molar-refractivity contribution in [2.75, 3.05) is 14.1 Å². The summed E-state index contributed by atoms with van der Waals surface area (Å²) in [4.78, 5) is 14.2. The van der Waals surface area contributed by atoms with Gasteiger partial charge in [0, 0.05) is 12.8 Å². The Kier molecular flexibility index (Phi) is 5.48. The molecule has 2 aromatic heterocycles. The predicted molar refractivity (Wildman–Crippen MR) is 99.6 cm³/mol. The number of quaternary nitrogens is 1. The summed E-state index contributed by atoms with van der Waals surface area (Å²) in [6.07, 6.45) is 5.93. The summed E-state index contributed by atoms with van der Waals surface area (Å²) < 4.78 is 6.78. The van der Waals surface area contributed by atoms with Gasteiger partial charge in [-0.15, -0.1) is 22.7 Å². The largest absolute Gasteiger partial charge is 1.00 e. The summed E-state index contributed by atoms with van der Waals surface area (Å²) in [7, 11) is 4.45. The van der Waals surface area contributed by atoms with Crippen LogP contribution in [0.15, 0.2) is 47.2 Å². The van der Waals surface area contributed by atoms with E-state index in [0.29, 0.717) is 21.8 Å². The highest BCUT2D eigenvalue weighted by molar-refractivity contribution is 7.12. The van der Waals surface area contributed by atoms with Gasteiger partial charge >= 0.3 is 5.97 Å². The van der Waals surface area contributed by atoms with E-state index in [1.807, 2.05) is 22.9 Å². The first-order valence-electron chi connectivity index (χ1n) is 8.45. The Morgan fingerprint density at radius 2 is 1.62 bits per heavy atom. The first kappa shape index (κ1) is 19.8. The highest BCUT2D eigenvalue weighted by Crippen LogP contribution is 2.40. The zero-order valence-electron chi connectivity index (χ0n) is 14.7. The van der Waals surface area contributed by atoms with Crippen molar-refractivity contribution < 1.29 is 36.1 Å². The van der Waals surface area contributed by atoms with Crippen LogP contribution in [0.2, 0.25) is 0 Å². The number of piperidine rings is 1. The van der Waals surface area contributed by atoms with Gasteiger partial charge < -0.3 is 31.3 Å². The van der Waals surface area contributed by atoms with Gasteiger partial charge in [-0.1, -0.05) is 12.1 Å². The SMILES string of the molecule is C[N+]1(C)[C@@H]2C=C[C@H]1CC(OC(=O)C(O)(c1cccs1)c1cccs1)C2.[Br-]. The van der Waals surface area contributed by atoms with E-state index in [0.717, 1.165) is 17.3 Å². The minimum atomic E-state index is -1.71. The van der Waals surface area contributed by atoms with Crippen molar-refractivity contribution in [2.45, 2.75) is 36.6 Å². The Bertz CT molecular complexity index is 734. The molecule has 0 spiro atoms. The third kappa shape index (κ3) is 3.10. The predicted octanol–water partition coefficient (Wildman–Crippen LogP) is 0.139. The molecule has 1 fully saturated rings. The molecule has 0 aliphatic carbocycles. The van der Waals surface area contributed by atoms with Crippen molar-refractivity contribution >= 4 is 28.6 Å². The molecule has 2 bridgehead atoms. The molecule has 140 valence electrons. The number of halogens is 1. The average molecular weight is 456 g/mol. The number of carbonyl (C=O) groups is 1. The molecule has 4 nitrogen and oxygen atoms in total. The van der Waals surface area contributed by atoms with Crippen LogP contribution >= 0.6 is 22.7 Å². The van der Waals surface area contributed by atoms with Crippen LogP contribution in [-0.4, -0.2) is 47.8 Å². The van der Waals surface area contributed by atoms with Crippen LogP contribution in [0.25, 0.3) is 0 Å². The Hall–Kier alpha value is -0.990. The van der Waals surface area contributed by atoms with Crippen LogP contribution in [0.3, 0.4) is 0 Å². The lowest BCUT2D eigenvalue weighted by molar-refractivity contribution is -0.926. The molecule has 2 aliphatic heterocycles. The summed E-state index contributed by atoms with van der Waals surface area (Å²) in [6.45, 7) is 0. The van der Waals surface area contributed by atoms with Gasteiger partial charge in [0.2, 0.25) is 5.60 Å². The smallest absolute Gasteiger partial charge is 0.349 e. The Balaban J connectivity index is 0.00000196. The van der Waals surface area contributed by atoms with Crippen molar-refractivity contribution in [2.24, 2.45) is 0 Å². The van der Waals surface area contributed by atoms with Crippen LogP contribution in [-0.2, 0) is 15.1 Å². The molecule has 4 heterocycles. The van der Waals surface area contributed by atoms with Gasteiger partial charge in [0.1, 0.15) is 18.2 Å². The molecule has 0 aromatic carbocycles. The van der Waals surface area contributed by atoms with E-state index in [2.05, 4.69) is 26.2 Å². The molecule has 26 heavy (non-hydrogen) atoms. The van der Waals surface area contributed by atoms with Crippen LogP contribution < -0.4 is 17.0 Å². The molecule has 0 radical (unpaired) electrons. The molecule has 4 rings (SSSR count). The Labute approximate surface area is 172 Å². The standard InChI is InChI=1S/C19H22NO3S2.BrH/c1-20(2)13-7-8-14(20)12-15(11-13)23-18(21)19(22,16-5-3-9-24-16)17-6-4-10-25-17;/h3-10,13-15,22H,11-12H2,1-2H3;1H/q+1;/p-1/t13-,14+,15?;. The van der Waals surface area contributed by atoms with E-state index in [9.17, 15) is 9.90 Å². The summed E-state index contributed by atoms with van der Waals surface area (Å²) in [5.74, 6) is -0.561. The fourth-order valence-electron chi connectivity index (χ4n) is 3.91. The topological polar surface area (TPSA) is 46.5 Å². The number of esters is 1. The van der Waals surface area contributed by atoms with Crippen LogP contribution in [0.4, 0.5) is 0 Å². The molecule has 1 unspecified atom stereocenters. The van der Waals surface area contributed by atoms with E-state index in [4.69, 9.17) is 4.74 Å². The maximum atomic E-state index is 13.0. The normalized spacial score (nSPS) is 26.3. The number of ether oxygens (including phenoxy) is 1. The molecular formula is C19H22BrNO3S2. The second kappa shape index (κ2) is 7.20. The van der Waals surface area contributed by atoms with Crippen molar-refractivity contribution in [1.29, 1.82) is 0 Å². The summed E-state index contributed by atoms with van der Waals surface area (Å²) >= 11 is 2.74. The summed E-state index contributed by atoms with van der Waals surface area (Å²) in [5.41, 5.74) is -1.71. The summed E-state index contributed by atoms with van der Waals surface area (Å²) in [5, 5.41) is 15.0. The summed E-state index contributed by atoms with van der Waals surface area (Å²) in [6, 6.07) is 8.00. The number of thiophene rings is 2. The molecule has 3 atom stereocenters. The fourth-order valence-corrected chi connectivity index (χ4v) is 5.62. The van der Waals surface area contributed by atoms with Crippen LogP contribution in [0.1, 0.15) is 22.6 Å². The molecule has 2 aromatic rings. The third-order valence-corrected chi connectivity index (χ3v) is 7.56. The lowest BCUT2D eigenvalue weighted by atomic mass is 9.95. The number of carbonyl (C=O) groups excluding carboxylic acids is 1. The van der Waals surface area contributed by atoms with Gasteiger partial charge in [-0.05, 0) is 35.0 Å². The van der Waals surface area contributed by atoms with E-state index < -0.39 is 11.6 Å². The lowest BCUT2D eigenvalue weighted by Gasteiger charge is -2.44. The van der Waals surface area contributed by atoms with Gasteiger partial charge in [-0.3, -0.25) is 0 Å². The van der Waals surface area contributed by atoms with E-state index in [1.165, 1.54) is 22.7 Å². The number of fused-ring (bicyclic) bond motifs is 2. The fraction of sp³-hybridized carbons (Fsp3) is 0.421. The van der Waals surface area contributed by atoms with E-state index in [1.54, 1.807) is 12.1 Å². The molecule has 2 aliphatic rings. The number of hydrogen-bond donors (Lipinski definition) is 1. The minimum absolute atomic E-state index is 0. The highest BCUT2D eigenvalue weighted by atomic mass is 79.9. The molecule has 1 N–H and O–H groups in total. The number of rotatable bonds is 4. The maximum absolute atomic E-state index is 13.0. The van der Waals surface area contributed by atoms with Crippen molar-refractivity contribution in [3.63, 3.8) is 0 Å². The number of hydrogen-bond acceptors (Lipinski definition) is 5. The average Bonchev–Trinajstić information content (AvgIpc) is 3.29. The molecular weight excluding hydrogens is 434 g/mol. The minimum Gasteiger partial charge on any atom is -1.00 e. The first-order valence-corrected chi connectivity index (χ1v) is 10.2. The second-order valence-corrected chi connectivity index (χ2v) is 9.21. The second-order valence-electron chi connectivity index (χ2n) is 7.31. The Morgan fingerprint density at radius 3 is 2.04 bits per heavy atom. The molecule has 0 amide bonds. The van der Waals surface area contributed by atoms with Crippen molar-refractivity contribution in [3.8, 4) is 0 Å². The van der Waals surface area contributed by atoms with Gasteiger partial charge in [0.25, 0.3) is 0 Å². The molecule has 7 heteroatoms. The van der Waals surface area contributed by atoms with Gasteiger partial charge in [0.15, 0.2) is 0 Å². The van der Waals surface area contributed by atoms with Gasteiger partial charge in [0.05, 0.1) is 23.8 Å². The lowest BCUT2D eigenvalue weighted by Crippen LogP contribution is -3.00. The zero-order valence-corrected chi connectivity index (χ0v) is 17.9. The first-order chi connectivity index (χ1) is 11.9. The van der Waals surface area contributed by atoms with Crippen LogP contribution in [0, 0.1) is 0 Å². The maximum Gasteiger partial charge on any atom is 0.349 e. The number of aliphatic hydroxyl groups is 1. The quantitative estimate of drug-likeness (QED) is 0.405. The molecule has 0 saturated carbocycles. The van der Waals surface area contributed by atoms with Gasteiger partial charge in [-0.2, -0.15) is 0 Å². The third-order valence-electron chi connectivity index (χ3n) is 5.60. The van der Waals surface area contributed by atoms with Crippen molar-refractivity contribution in [1.82, 2.24) is 0 Å². The van der Waals surface area contributed by atoms with E-state index >= 15 is 0 Å².